The van der Waals surface area contributed by atoms with Crippen molar-refractivity contribution in [2.24, 2.45) is 0 Å². The zero-order chi connectivity index (χ0) is 12.4. The molecule has 2 rings (SSSR count). The van der Waals surface area contributed by atoms with E-state index in [1.165, 1.54) is 0 Å². The summed E-state index contributed by atoms with van der Waals surface area (Å²) >= 11 is 5.58. The van der Waals surface area contributed by atoms with Gasteiger partial charge in [0.15, 0.2) is 5.78 Å². The minimum absolute atomic E-state index is 0.0139. The van der Waals surface area contributed by atoms with E-state index in [-0.39, 0.29) is 11.7 Å². The lowest BCUT2D eigenvalue weighted by molar-refractivity contribution is 0.102. The first-order chi connectivity index (χ1) is 8.15. The molecular weight excluding hydrogens is 238 g/mol. The molecule has 0 spiro atoms. The number of hydrogen-bond acceptors (Lipinski definition) is 3. The minimum atomic E-state index is -0.0815. The van der Waals surface area contributed by atoms with Gasteiger partial charge in [0.1, 0.15) is 0 Å². The number of rotatable bonds is 3. The second-order valence-corrected chi connectivity index (χ2v) is 3.99. The predicted octanol–water partition coefficient (Wildman–Crippen LogP) is 2.31. The summed E-state index contributed by atoms with van der Waals surface area (Å²) in [5.41, 5.74) is 2.37. The van der Waals surface area contributed by atoms with Gasteiger partial charge in [0.25, 0.3) is 0 Å². The summed E-state index contributed by atoms with van der Waals surface area (Å²) in [4.78, 5) is 20.0. The Hall–Kier alpha value is -1.68. The standard InChI is InChI=1S/C12H12ClN3O/c1-8-6-10(11(17)7-13)9(2)16(8)12-14-4-3-5-15-12/h3-6H,7H2,1-2H3. The summed E-state index contributed by atoms with van der Waals surface area (Å²) in [7, 11) is 0. The van der Waals surface area contributed by atoms with E-state index in [2.05, 4.69) is 9.97 Å². The fraction of sp³-hybridized carbons (Fsp3) is 0.250. The van der Waals surface area contributed by atoms with Crippen molar-refractivity contribution in [2.45, 2.75) is 13.8 Å². The molecule has 17 heavy (non-hydrogen) atoms. The zero-order valence-corrected chi connectivity index (χ0v) is 10.4. The van der Waals surface area contributed by atoms with E-state index < -0.39 is 0 Å². The van der Waals surface area contributed by atoms with E-state index in [0.717, 1.165) is 11.4 Å². The normalized spacial score (nSPS) is 10.5. The average Bonchev–Trinajstić information content (AvgIpc) is 2.65. The Balaban J connectivity index is 2.57. The maximum Gasteiger partial charge on any atom is 0.233 e. The van der Waals surface area contributed by atoms with Crippen LogP contribution < -0.4 is 0 Å². The van der Waals surface area contributed by atoms with Crippen molar-refractivity contribution in [3.8, 4) is 5.95 Å². The molecule has 0 atom stereocenters. The fourth-order valence-corrected chi connectivity index (χ4v) is 1.98. The summed E-state index contributed by atoms with van der Waals surface area (Å²) in [6, 6.07) is 3.57. The highest BCUT2D eigenvalue weighted by Gasteiger charge is 2.16. The molecule has 2 heterocycles. The van der Waals surface area contributed by atoms with Gasteiger partial charge in [-0.15, -0.1) is 11.6 Å². The van der Waals surface area contributed by atoms with E-state index >= 15 is 0 Å². The van der Waals surface area contributed by atoms with Gasteiger partial charge in [-0.3, -0.25) is 9.36 Å². The molecule has 0 aliphatic rings. The Labute approximate surface area is 104 Å². The van der Waals surface area contributed by atoms with Crippen LogP contribution in [0.15, 0.2) is 24.5 Å². The van der Waals surface area contributed by atoms with Crippen molar-refractivity contribution in [3.05, 3.63) is 41.5 Å². The fourth-order valence-electron chi connectivity index (χ4n) is 1.83. The first-order valence-electron chi connectivity index (χ1n) is 5.20. The van der Waals surface area contributed by atoms with Crippen LogP contribution in [0.2, 0.25) is 0 Å². The summed E-state index contributed by atoms with van der Waals surface area (Å²) < 4.78 is 1.85. The van der Waals surface area contributed by atoms with Crippen LogP contribution in [-0.4, -0.2) is 26.2 Å². The summed E-state index contributed by atoms with van der Waals surface area (Å²) in [5, 5.41) is 0. The highest BCUT2D eigenvalue weighted by atomic mass is 35.5. The quantitative estimate of drug-likeness (QED) is 0.620. The lowest BCUT2D eigenvalue weighted by Crippen LogP contribution is -2.06. The minimum Gasteiger partial charge on any atom is -0.293 e. The molecule has 0 fully saturated rings. The molecule has 0 aromatic carbocycles. The molecule has 0 saturated carbocycles. The number of carbonyl (C=O) groups excluding carboxylic acids is 1. The maximum absolute atomic E-state index is 11.6. The van der Waals surface area contributed by atoms with Crippen LogP contribution in [0.3, 0.4) is 0 Å². The van der Waals surface area contributed by atoms with Gasteiger partial charge < -0.3 is 0 Å². The van der Waals surface area contributed by atoms with Crippen molar-refractivity contribution in [1.29, 1.82) is 0 Å². The van der Waals surface area contributed by atoms with Crippen LogP contribution in [0.25, 0.3) is 5.95 Å². The number of hydrogen-bond donors (Lipinski definition) is 0. The molecule has 0 amide bonds. The van der Waals surface area contributed by atoms with Crippen molar-refractivity contribution >= 4 is 17.4 Å². The first kappa shape index (κ1) is 11.8. The number of halogens is 1. The van der Waals surface area contributed by atoms with E-state index in [4.69, 9.17) is 11.6 Å². The second-order valence-electron chi connectivity index (χ2n) is 3.73. The number of alkyl halides is 1. The number of nitrogens with zero attached hydrogens (tertiary/aromatic N) is 3. The van der Waals surface area contributed by atoms with Crippen LogP contribution in [0.5, 0.6) is 0 Å². The van der Waals surface area contributed by atoms with Gasteiger partial charge >= 0.3 is 0 Å². The van der Waals surface area contributed by atoms with Gasteiger partial charge in [-0.05, 0) is 26.0 Å². The average molecular weight is 250 g/mol. The molecular formula is C12H12ClN3O. The van der Waals surface area contributed by atoms with E-state index in [1.807, 2.05) is 24.5 Å². The van der Waals surface area contributed by atoms with Gasteiger partial charge in [0.05, 0.1) is 5.88 Å². The highest BCUT2D eigenvalue weighted by Crippen LogP contribution is 2.18. The number of Topliss-reactive ketones (excluding diaryl/α,β-unsaturated/α-hetero) is 1. The van der Waals surface area contributed by atoms with Gasteiger partial charge in [0.2, 0.25) is 5.95 Å². The Morgan fingerprint density at radius 1 is 1.35 bits per heavy atom. The Morgan fingerprint density at radius 3 is 2.59 bits per heavy atom. The van der Waals surface area contributed by atoms with Crippen molar-refractivity contribution < 1.29 is 4.79 Å². The predicted molar refractivity (Wildman–Crippen MR) is 65.9 cm³/mol. The van der Waals surface area contributed by atoms with Gasteiger partial charge in [-0.2, -0.15) is 0 Å². The third-order valence-corrected chi connectivity index (χ3v) is 2.85. The molecule has 0 aliphatic carbocycles. The zero-order valence-electron chi connectivity index (χ0n) is 9.64. The molecule has 0 bridgehead atoms. The van der Waals surface area contributed by atoms with E-state index in [1.54, 1.807) is 18.5 Å². The summed E-state index contributed by atoms with van der Waals surface area (Å²) in [6.07, 6.45) is 3.34. The molecule has 0 saturated heterocycles. The topological polar surface area (TPSA) is 47.8 Å². The molecule has 2 aromatic heterocycles. The molecule has 5 heteroatoms. The number of aromatic nitrogens is 3. The van der Waals surface area contributed by atoms with Gasteiger partial charge in [0, 0.05) is 29.3 Å². The SMILES string of the molecule is Cc1cc(C(=O)CCl)c(C)n1-c1ncccn1. The van der Waals surface area contributed by atoms with E-state index in [0.29, 0.717) is 11.5 Å². The molecule has 0 N–H and O–H groups in total. The highest BCUT2D eigenvalue weighted by molar-refractivity contribution is 6.30. The first-order valence-corrected chi connectivity index (χ1v) is 5.74. The molecule has 2 aromatic rings. The summed E-state index contributed by atoms with van der Waals surface area (Å²) in [5.74, 6) is 0.470. The molecule has 4 nitrogen and oxygen atoms in total. The van der Waals surface area contributed by atoms with Crippen LogP contribution in [0.4, 0.5) is 0 Å². The number of aryl methyl sites for hydroxylation is 1. The number of ketones is 1. The Bertz CT molecular complexity index is 548. The Morgan fingerprint density at radius 2 is 2.00 bits per heavy atom. The molecule has 0 unspecified atom stereocenters. The van der Waals surface area contributed by atoms with Crippen molar-refractivity contribution in [1.82, 2.24) is 14.5 Å². The second kappa shape index (κ2) is 4.67. The largest absolute Gasteiger partial charge is 0.293 e. The van der Waals surface area contributed by atoms with Crippen LogP contribution >= 0.6 is 11.6 Å². The number of carbonyl (C=O) groups is 1. The smallest absolute Gasteiger partial charge is 0.233 e. The monoisotopic (exact) mass is 249 g/mol. The van der Waals surface area contributed by atoms with Gasteiger partial charge in [-0.1, -0.05) is 0 Å². The van der Waals surface area contributed by atoms with E-state index in [9.17, 15) is 4.79 Å². The van der Waals surface area contributed by atoms with Crippen LogP contribution in [0.1, 0.15) is 21.7 Å². The van der Waals surface area contributed by atoms with Crippen LogP contribution in [-0.2, 0) is 0 Å². The van der Waals surface area contributed by atoms with Crippen LogP contribution in [0, 0.1) is 13.8 Å². The summed E-state index contributed by atoms with van der Waals surface area (Å²) in [6.45, 7) is 3.78. The molecule has 0 aliphatic heterocycles. The lowest BCUT2D eigenvalue weighted by Gasteiger charge is -2.06. The third-order valence-electron chi connectivity index (χ3n) is 2.61. The van der Waals surface area contributed by atoms with Crippen molar-refractivity contribution in [3.63, 3.8) is 0 Å². The maximum atomic E-state index is 11.6. The molecule has 88 valence electrons. The van der Waals surface area contributed by atoms with Crippen molar-refractivity contribution in [2.75, 3.05) is 5.88 Å². The third kappa shape index (κ3) is 2.08. The van der Waals surface area contributed by atoms with Gasteiger partial charge in [-0.25, -0.2) is 9.97 Å². The molecule has 0 radical (unpaired) electrons. The Kier molecular flexibility index (Phi) is 3.24. The lowest BCUT2D eigenvalue weighted by atomic mass is 10.2.